The van der Waals surface area contributed by atoms with Crippen molar-refractivity contribution in [2.24, 2.45) is 5.73 Å². The molecule has 0 unspecified atom stereocenters. The number of hydrogen-bond donors (Lipinski definition) is 1. The fourth-order valence-electron chi connectivity index (χ4n) is 1.52. The van der Waals surface area contributed by atoms with Crippen LogP contribution in [0, 0.1) is 0 Å². The molecule has 0 saturated carbocycles. The van der Waals surface area contributed by atoms with Crippen molar-refractivity contribution in [2.75, 3.05) is 26.3 Å². The van der Waals surface area contributed by atoms with E-state index in [1.807, 2.05) is 0 Å². The van der Waals surface area contributed by atoms with Crippen LogP contribution in [0.4, 0.5) is 0 Å². The van der Waals surface area contributed by atoms with Crippen molar-refractivity contribution in [3.05, 3.63) is 17.0 Å². The monoisotopic (exact) mass is 298 g/mol. The van der Waals surface area contributed by atoms with Gasteiger partial charge in [-0.05, 0) is 12.1 Å². The number of morpholine rings is 1. The Morgan fingerprint density at radius 1 is 1.35 bits per heavy atom. The fraction of sp³-hybridized carbons (Fsp3) is 0.556. The van der Waals surface area contributed by atoms with Crippen molar-refractivity contribution in [1.82, 2.24) is 4.31 Å². The highest BCUT2D eigenvalue weighted by Crippen LogP contribution is 2.25. The molecule has 0 bridgehead atoms. The van der Waals surface area contributed by atoms with Gasteiger partial charge < -0.3 is 10.5 Å². The molecule has 0 amide bonds. The van der Waals surface area contributed by atoms with Crippen LogP contribution in [0.1, 0.15) is 4.88 Å². The number of nitrogens with two attached hydrogens (primary N) is 1. The molecule has 0 spiro atoms. The normalized spacial score (nSPS) is 17.7. The Morgan fingerprint density at radius 3 is 2.53 bits per heavy atom. The Kier molecular flexibility index (Phi) is 5.36. The Balaban J connectivity index is 0.00000144. The second-order valence-corrected chi connectivity index (χ2v) is 6.77. The summed E-state index contributed by atoms with van der Waals surface area (Å²) in [5.74, 6) is 0. The molecule has 0 atom stereocenters. The lowest BCUT2D eigenvalue weighted by molar-refractivity contribution is 0.0731. The van der Waals surface area contributed by atoms with Crippen molar-refractivity contribution >= 4 is 33.8 Å². The molecule has 2 heterocycles. The number of halogens is 1. The molecule has 98 valence electrons. The third-order valence-electron chi connectivity index (χ3n) is 2.40. The molecule has 0 aromatic carbocycles. The minimum Gasteiger partial charge on any atom is -0.379 e. The summed E-state index contributed by atoms with van der Waals surface area (Å²) in [6.45, 7) is 2.17. The first-order valence-corrected chi connectivity index (χ1v) is 7.27. The van der Waals surface area contributed by atoms with Gasteiger partial charge in [0.15, 0.2) is 0 Å². The van der Waals surface area contributed by atoms with E-state index in [4.69, 9.17) is 10.5 Å². The van der Waals surface area contributed by atoms with Gasteiger partial charge in [0.1, 0.15) is 4.21 Å². The third-order valence-corrected chi connectivity index (χ3v) is 5.88. The summed E-state index contributed by atoms with van der Waals surface area (Å²) >= 11 is 1.24. The van der Waals surface area contributed by atoms with Gasteiger partial charge in [0.05, 0.1) is 13.2 Å². The molecule has 0 aliphatic carbocycles. The number of nitrogens with zero attached hydrogens (tertiary/aromatic N) is 1. The van der Waals surface area contributed by atoms with Crippen LogP contribution in [-0.4, -0.2) is 39.0 Å². The second kappa shape index (κ2) is 6.12. The van der Waals surface area contributed by atoms with Gasteiger partial charge in [0.2, 0.25) is 0 Å². The smallest absolute Gasteiger partial charge is 0.252 e. The van der Waals surface area contributed by atoms with Gasteiger partial charge in [-0.2, -0.15) is 4.31 Å². The zero-order chi connectivity index (χ0) is 11.6. The van der Waals surface area contributed by atoms with Crippen LogP contribution >= 0.6 is 23.7 Å². The van der Waals surface area contributed by atoms with Gasteiger partial charge in [-0.15, -0.1) is 23.7 Å². The number of ether oxygens (including phenoxy) is 1. The first kappa shape index (κ1) is 14.9. The van der Waals surface area contributed by atoms with E-state index < -0.39 is 10.0 Å². The van der Waals surface area contributed by atoms with Gasteiger partial charge in [-0.25, -0.2) is 8.42 Å². The van der Waals surface area contributed by atoms with Crippen LogP contribution < -0.4 is 5.73 Å². The van der Waals surface area contributed by atoms with Gasteiger partial charge in [0.25, 0.3) is 10.0 Å². The molecule has 8 heteroatoms. The number of rotatable bonds is 3. The highest BCUT2D eigenvalue weighted by atomic mass is 35.5. The van der Waals surface area contributed by atoms with Crippen LogP contribution in [0.25, 0.3) is 0 Å². The topological polar surface area (TPSA) is 72.6 Å². The summed E-state index contributed by atoms with van der Waals surface area (Å²) in [4.78, 5) is 0.881. The fourth-order valence-corrected chi connectivity index (χ4v) is 4.32. The van der Waals surface area contributed by atoms with E-state index in [2.05, 4.69) is 0 Å². The Bertz CT molecular complexity index is 455. The van der Waals surface area contributed by atoms with E-state index in [1.54, 1.807) is 12.1 Å². The molecule has 0 radical (unpaired) electrons. The molecule has 1 aromatic rings. The maximum Gasteiger partial charge on any atom is 0.252 e. The highest BCUT2D eigenvalue weighted by molar-refractivity contribution is 7.91. The maximum absolute atomic E-state index is 12.2. The van der Waals surface area contributed by atoms with E-state index in [9.17, 15) is 8.42 Å². The summed E-state index contributed by atoms with van der Waals surface area (Å²) in [5.41, 5.74) is 5.47. The Labute approximate surface area is 111 Å². The number of sulfonamides is 1. The van der Waals surface area contributed by atoms with Gasteiger partial charge in [-0.3, -0.25) is 0 Å². The zero-order valence-corrected chi connectivity index (χ0v) is 11.6. The first-order valence-electron chi connectivity index (χ1n) is 5.01. The lowest BCUT2D eigenvalue weighted by atomic mass is 10.5. The summed E-state index contributed by atoms with van der Waals surface area (Å²) in [6, 6.07) is 3.38. The predicted octanol–water partition coefficient (Wildman–Crippen LogP) is 0.649. The van der Waals surface area contributed by atoms with Crippen LogP contribution in [0.15, 0.2) is 16.3 Å². The lowest BCUT2D eigenvalue weighted by Gasteiger charge is -2.25. The van der Waals surface area contributed by atoms with Gasteiger partial charge >= 0.3 is 0 Å². The zero-order valence-electron chi connectivity index (χ0n) is 9.16. The number of thiophene rings is 1. The Hall–Kier alpha value is -0.180. The van der Waals surface area contributed by atoms with Crippen molar-refractivity contribution in [1.29, 1.82) is 0 Å². The molecule has 1 aliphatic rings. The molecule has 1 aromatic heterocycles. The van der Waals surface area contributed by atoms with Crippen LogP contribution in [0.3, 0.4) is 0 Å². The molecule has 5 nitrogen and oxygen atoms in total. The van der Waals surface area contributed by atoms with Crippen molar-refractivity contribution in [3.8, 4) is 0 Å². The quantitative estimate of drug-likeness (QED) is 0.889. The van der Waals surface area contributed by atoms with Crippen LogP contribution in [-0.2, 0) is 21.3 Å². The van der Waals surface area contributed by atoms with E-state index in [1.165, 1.54) is 15.6 Å². The van der Waals surface area contributed by atoms with E-state index in [0.29, 0.717) is 37.1 Å². The van der Waals surface area contributed by atoms with Crippen molar-refractivity contribution in [3.63, 3.8) is 0 Å². The molecular weight excluding hydrogens is 284 g/mol. The van der Waals surface area contributed by atoms with Crippen LogP contribution in [0.5, 0.6) is 0 Å². The molecular formula is C9H15ClN2O3S2. The standard InChI is InChI=1S/C9H14N2O3S2.ClH/c10-7-8-1-2-9(15-8)16(12,13)11-3-5-14-6-4-11;/h1-2H,3-7,10H2;1H. The maximum atomic E-state index is 12.2. The summed E-state index contributed by atoms with van der Waals surface area (Å²) < 4.78 is 31.3. The SMILES string of the molecule is Cl.NCc1ccc(S(=O)(=O)N2CCOCC2)s1. The van der Waals surface area contributed by atoms with Crippen LogP contribution in [0.2, 0.25) is 0 Å². The highest BCUT2D eigenvalue weighted by Gasteiger charge is 2.27. The molecule has 2 rings (SSSR count). The van der Waals surface area contributed by atoms with Gasteiger partial charge in [0, 0.05) is 24.5 Å². The third kappa shape index (κ3) is 3.18. The average Bonchev–Trinajstić information content (AvgIpc) is 2.79. The largest absolute Gasteiger partial charge is 0.379 e. The molecule has 17 heavy (non-hydrogen) atoms. The predicted molar refractivity (Wildman–Crippen MR) is 69.0 cm³/mol. The average molecular weight is 299 g/mol. The van der Waals surface area contributed by atoms with Gasteiger partial charge in [-0.1, -0.05) is 0 Å². The molecule has 1 fully saturated rings. The summed E-state index contributed by atoms with van der Waals surface area (Å²) in [5, 5.41) is 0. The molecule has 1 aliphatic heterocycles. The second-order valence-electron chi connectivity index (χ2n) is 3.44. The van der Waals surface area contributed by atoms with E-state index in [-0.39, 0.29) is 12.4 Å². The summed E-state index contributed by atoms with van der Waals surface area (Å²) in [6.07, 6.45) is 0. The lowest BCUT2D eigenvalue weighted by Crippen LogP contribution is -2.40. The number of hydrogen-bond acceptors (Lipinski definition) is 5. The Morgan fingerprint density at radius 2 is 2.00 bits per heavy atom. The van der Waals surface area contributed by atoms with E-state index >= 15 is 0 Å². The first-order chi connectivity index (χ1) is 7.64. The minimum absolute atomic E-state index is 0. The van der Waals surface area contributed by atoms with Crippen molar-refractivity contribution < 1.29 is 13.2 Å². The summed E-state index contributed by atoms with van der Waals surface area (Å²) in [7, 11) is -3.34. The minimum atomic E-state index is -3.34. The van der Waals surface area contributed by atoms with Crippen molar-refractivity contribution in [2.45, 2.75) is 10.8 Å². The van der Waals surface area contributed by atoms with E-state index in [0.717, 1.165) is 4.88 Å². The molecule has 1 saturated heterocycles. The molecule has 2 N–H and O–H groups in total.